The van der Waals surface area contributed by atoms with E-state index in [-0.39, 0.29) is 58.5 Å². The number of hydrogen-bond acceptors (Lipinski definition) is 7. The molecule has 0 unspecified atom stereocenters. The van der Waals surface area contributed by atoms with Crippen LogP contribution < -0.4 is 10.6 Å². The molecular weight excluding hydrogens is 611 g/mol. The lowest BCUT2D eigenvalue weighted by atomic mass is 9.96. The van der Waals surface area contributed by atoms with E-state index in [1.165, 1.54) is 18.2 Å². The summed E-state index contributed by atoms with van der Waals surface area (Å²) in [4.78, 5) is 51.1. The molecule has 15 heteroatoms. The fraction of sp³-hybridized carbons (Fsp3) is 0.630. The zero-order valence-electron chi connectivity index (χ0n) is 23.7. The predicted octanol–water partition coefficient (Wildman–Crippen LogP) is 3.12. The first-order valence-electron chi connectivity index (χ1n) is 14.0. The summed E-state index contributed by atoms with van der Waals surface area (Å²) in [5, 5.41) is 15.1. The maximum Gasteiger partial charge on any atom is 0.407 e. The van der Waals surface area contributed by atoms with E-state index >= 15 is 0 Å². The first kappa shape index (κ1) is 33.9. The number of carboxylic acids is 1. The van der Waals surface area contributed by atoms with Crippen molar-refractivity contribution in [3.05, 3.63) is 28.2 Å². The highest BCUT2D eigenvalue weighted by atomic mass is 35.5. The number of halogens is 2. The van der Waals surface area contributed by atoms with Crippen LogP contribution in [0, 0.1) is 11.8 Å². The molecule has 0 bridgehead atoms. The molecule has 3 amide bonds. The summed E-state index contributed by atoms with van der Waals surface area (Å²) in [6.45, 7) is 5.70. The Bertz CT molecular complexity index is 1230. The van der Waals surface area contributed by atoms with Crippen LogP contribution in [0.3, 0.4) is 0 Å². The van der Waals surface area contributed by atoms with Gasteiger partial charge in [-0.1, -0.05) is 37.0 Å². The van der Waals surface area contributed by atoms with Crippen LogP contribution in [-0.2, 0) is 29.1 Å². The second-order valence-corrected chi connectivity index (χ2v) is 13.8. The zero-order chi connectivity index (χ0) is 31.0. The summed E-state index contributed by atoms with van der Waals surface area (Å²) in [6, 6.07) is 1.39. The van der Waals surface area contributed by atoms with Gasteiger partial charge < -0.3 is 25.4 Å². The summed E-state index contributed by atoms with van der Waals surface area (Å²) in [6.07, 6.45) is 1.27. The quantitative estimate of drug-likeness (QED) is 0.311. The molecule has 2 atom stereocenters. The van der Waals surface area contributed by atoms with Crippen LogP contribution in [-0.4, -0.2) is 91.5 Å². The lowest BCUT2D eigenvalue weighted by molar-refractivity contribution is -0.143. The summed E-state index contributed by atoms with van der Waals surface area (Å²) in [7, 11) is -4.13. The van der Waals surface area contributed by atoms with Crippen molar-refractivity contribution in [2.45, 2.75) is 69.4 Å². The van der Waals surface area contributed by atoms with Crippen molar-refractivity contribution in [3.8, 4) is 0 Å². The minimum atomic E-state index is -4.13. The van der Waals surface area contributed by atoms with Crippen molar-refractivity contribution in [1.82, 2.24) is 19.8 Å². The first-order chi connectivity index (χ1) is 19.8. The minimum absolute atomic E-state index is 0.0748. The third-order valence-corrected chi connectivity index (χ3v) is 9.58. The molecule has 2 heterocycles. The highest BCUT2D eigenvalue weighted by molar-refractivity contribution is 7.89. The molecule has 234 valence electrons. The maximum absolute atomic E-state index is 13.2. The van der Waals surface area contributed by atoms with Crippen LogP contribution in [0.5, 0.6) is 0 Å². The molecular formula is C27H38Cl2N4O8S. The molecule has 42 heavy (non-hydrogen) atoms. The van der Waals surface area contributed by atoms with E-state index in [0.29, 0.717) is 45.5 Å². The van der Waals surface area contributed by atoms with E-state index in [4.69, 9.17) is 27.9 Å². The maximum atomic E-state index is 13.2. The van der Waals surface area contributed by atoms with Crippen molar-refractivity contribution in [3.63, 3.8) is 0 Å². The number of nitrogens with one attached hydrogen (secondary N) is 2. The lowest BCUT2D eigenvalue weighted by Crippen LogP contribution is -2.51. The van der Waals surface area contributed by atoms with Crippen molar-refractivity contribution in [1.29, 1.82) is 0 Å². The number of carboxylic acid groups (broad SMARTS) is 1. The number of aliphatic carboxylic acids is 1. The number of nitrogens with zero attached hydrogens (tertiary/aromatic N) is 2. The first-order valence-corrected chi connectivity index (χ1v) is 16.2. The topological polar surface area (TPSA) is 162 Å². The van der Waals surface area contributed by atoms with Gasteiger partial charge >= 0.3 is 12.1 Å². The van der Waals surface area contributed by atoms with Gasteiger partial charge in [-0.3, -0.25) is 9.59 Å². The van der Waals surface area contributed by atoms with E-state index in [1.54, 1.807) is 4.90 Å². The Kier molecular flexibility index (Phi) is 12.3. The molecule has 2 fully saturated rings. The lowest BCUT2D eigenvalue weighted by Gasteiger charge is -2.32. The van der Waals surface area contributed by atoms with E-state index in [0.717, 1.165) is 4.31 Å². The molecule has 0 saturated carbocycles. The summed E-state index contributed by atoms with van der Waals surface area (Å²) >= 11 is 11.9. The number of likely N-dealkylation sites (tertiary alicyclic amines) is 1. The average molecular weight is 650 g/mol. The Morgan fingerprint density at radius 3 is 2.29 bits per heavy atom. The smallest absolute Gasteiger partial charge is 0.407 e. The van der Waals surface area contributed by atoms with Crippen LogP contribution in [0.1, 0.15) is 52.4 Å². The number of carbonyl (C=O) groups is 4. The normalized spacial score (nSPS) is 19.0. The van der Waals surface area contributed by atoms with Crippen LogP contribution in [0.25, 0.3) is 0 Å². The van der Waals surface area contributed by atoms with Crippen LogP contribution in [0.2, 0.25) is 10.0 Å². The summed E-state index contributed by atoms with van der Waals surface area (Å²) in [5.41, 5.74) is 0. The highest BCUT2D eigenvalue weighted by Gasteiger charge is 2.41. The van der Waals surface area contributed by atoms with E-state index in [9.17, 15) is 32.7 Å². The van der Waals surface area contributed by atoms with E-state index < -0.39 is 40.1 Å². The number of carbonyl (C=O) groups excluding carboxylic acids is 3. The van der Waals surface area contributed by atoms with Crippen molar-refractivity contribution in [2.75, 3.05) is 32.8 Å². The minimum Gasteiger partial charge on any atom is -0.480 e. The molecule has 2 aliphatic heterocycles. The summed E-state index contributed by atoms with van der Waals surface area (Å²) < 4.78 is 32.6. The van der Waals surface area contributed by atoms with Crippen molar-refractivity contribution < 1.29 is 37.4 Å². The molecule has 0 spiro atoms. The van der Waals surface area contributed by atoms with Gasteiger partial charge in [-0.15, -0.1) is 0 Å². The van der Waals surface area contributed by atoms with Gasteiger partial charge in [-0.2, -0.15) is 4.31 Å². The van der Waals surface area contributed by atoms with Crippen LogP contribution in [0.15, 0.2) is 23.1 Å². The monoisotopic (exact) mass is 648 g/mol. The van der Waals surface area contributed by atoms with E-state index in [2.05, 4.69) is 10.6 Å². The second-order valence-electron chi connectivity index (χ2n) is 11.0. The molecule has 0 aliphatic carbocycles. The van der Waals surface area contributed by atoms with Crippen LogP contribution >= 0.6 is 23.2 Å². The number of amides is 3. The number of sulfonamides is 1. The van der Waals surface area contributed by atoms with Gasteiger partial charge in [0, 0.05) is 42.6 Å². The van der Waals surface area contributed by atoms with Gasteiger partial charge in [0.15, 0.2) is 0 Å². The predicted molar refractivity (Wildman–Crippen MR) is 156 cm³/mol. The number of piperidine rings is 1. The van der Waals surface area contributed by atoms with E-state index in [1.807, 2.05) is 13.8 Å². The summed E-state index contributed by atoms with van der Waals surface area (Å²) in [5.74, 6) is -1.86. The molecule has 3 rings (SSSR count). The molecule has 1 aromatic rings. The Morgan fingerprint density at radius 1 is 1.05 bits per heavy atom. The van der Waals surface area contributed by atoms with Crippen molar-refractivity contribution >= 4 is 57.1 Å². The standard InChI is InChI=1S/C27H38Cl2N4O8S/c1-17(2)16-41-27(38)30-15-18-7-10-32(11-8-18)24(34)6-5-22(26(36)37)31-25(35)23-4-3-9-33(23)42(39,40)21-13-19(28)12-20(29)14-21/h12-14,17-18,22-23H,3-11,15-16H2,1-2H3,(H,30,38)(H,31,35)(H,36,37)/t22-,23+/m0/s1. The Hall–Kier alpha value is -2.61. The Balaban J connectivity index is 1.50. The molecule has 3 N–H and O–H groups in total. The van der Waals surface area contributed by atoms with Gasteiger partial charge in [0.2, 0.25) is 21.8 Å². The number of rotatable bonds is 12. The average Bonchev–Trinajstić information content (AvgIpc) is 3.43. The van der Waals surface area contributed by atoms with Gasteiger partial charge in [0.1, 0.15) is 12.1 Å². The fourth-order valence-electron chi connectivity index (χ4n) is 4.96. The molecule has 2 aliphatic rings. The molecule has 0 aromatic heterocycles. The van der Waals surface area contributed by atoms with Gasteiger partial charge in [0.25, 0.3) is 0 Å². The largest absolute Gasteiger partial charge is 0.480 e. The third-order valence-electron chi connectivity index (χ3n) is 7.26. The highest BCUT2D eigenvalue weighted by Crippen LogP contribution is 2.30. The third kappa shape index (κ3) is 9.45. The molecule has 2 saturated heterocycles. The number of benzene rings is 1. The van der Waals surface area contributed by atoms with Crippen LogP contribution in [0.4, 0.5) is 4.79 Å². The SMILES string of the molecule is CC(C)COC(=O)NCC1CCN(C(=O)CC[C@H](NC(=O)[C@H]2CCCN2S(=O)(=O)c2cc(Cl)cc(Cl)c2)C(=O)O)CC1. The molecule has 1 aromatic carbocycles. The second kappa shape index (κ2) is 15.2. The van der Waals surface area contributed by atoms with Gasteiger partial charge in [0.05, 0.1) is 11.5 Å². The molecule has 12 nitrogen and oxygen atoms in total. The van der Waals surface area contributed by atoms with Gasteiger partial charge in [-0.25, -0.2) is 18.0 Å². The zero-order valence-corrected chi connectivity index (χ0v) is 26.0. The number of ether oxygens (including phenoxy) is 1. The van der Waals surface area contributed by atoms with Gasteiger partial charge in [-0.05, 0) is 62.1 Å². The Morgan fingerprint density at radius 2 is 1.69 bits per heavy atom. The number of hydrogen-bond donors (Lipinski definition) is 3. The fourth-order valence-corrected chi connectivity index (χ4v) is 7.35. The Labute approximate surface area is 256 Å². The van der Waals surface area contributed by atoms with Crippen molar-refractivity contribution in [2.24, 2.45) is 11.8 Å². The number of alkyl carbamates (subject to hydrolysis) is 1. The molecule has 0 radical (unpaired) electrons.